The number of nitrogens with zero attached hydrogens (tertiary/aromatic N) is 1. The standard InChI is InChI=1S/C23H20F2N2.ClH/c24-19-10-4-8-17(14-19)22-23(18-9-5-11-20(25)15-18)27-21(26-22)13-12-16-6-2-1-3-7-16;/h1-11,14-15,22-23H,12-13H2,(H,26,27);1H. The Morgan fingerprint density at radius 1 is 0.750 bits per heavy atom. The molecule has 0 aromatic heterocycles. The molecule has 2 atom stereocenters. The minimum absolute atomic E-state index is 0. The largest absolute Gasteiger partial charge is 0.364 e. The molecule has 1 N–H and O–H groups in total. The van der Waals surface area contributed by atoms with Gasteiger partial charge in [-0.1, -0.05) is 54.6 Å². The van der Waals surface area contributed by atoms with Crippen LogP contribution in [0.3, 0.4) is 0 Å². The summed E-state index contributed by atoms with van der Waals surface area (Å²) in [6.07, 6.45) is 1.61. The Morgan fingerprint density at radius 2 is 1.39 bits per heavy atom. The van der Waals surface area contributed by atoms with Gasteiger partial charge < -0.3 is 5.32 Å². The molecule has 0 spiro atoms. The van der Waals surface area contributed by atoms with Gasteiger partial charge in [-0.15, -0.1) is 12.4 Å². The van der Waals surface area contributed by atoms with E-state index in [1.165, 1.54) is 29.8 Å². The molecule has 5 heteroatoms. The van der Waals surface area contributed by atoms with Crippen LogP contribution in [0.1, 0.15) is 35.2 Å². The van der Waals surface area contributed by atoms with Crippen molar-refractivity contribution in [1.29, 1.82) is 0 Å². The van der Waals surface area contributed by atoms with Crippen LogP contribution in [0.25, 0.3) is 0 Å². The lowest BCUT2D eigenvalue weighted by atomic mass is 9.95. The third-order valence-electron chi connectivity index (χ3n) is 4.82. The lowest BCUT2D eigenvalue weighted by Gasteiger charge is -2.20. The van der Waals surface area contributed by atoms with Crippen molar-refractivity contribution in [2.75, 3.05) is 0 Å². The van der Waals surface area contributed by atoms with Crippen molar-refractivity contribution >= 4 is 18.2 Å². The highest BCUT2D eigenvalue weighted by atomic mass is 35.5. The van der Waals surface area contributed by atoms with Crippen molar-refractivity contribution in [3.63, 3.8) is 0 Å². The van der Waals surface area contributed by atoms with Crippen LogP contribution in [0.5, 0.6) is 0 Å². The van der Waals surface area contributed by atoms with Crippen molar-refractivity contribution in [3.05, 3.63) is 107 Å². The molecule has 28 heavy (non-hydrogen) atoms. The summed E-state index contributed by atoms with van der Waals surface area (Å²) in [6, 6.07) is 22.7. The third-order valence-corrected chi connectivity index (χ3v) is 4.82. The number of halogens is 3. The fraction of sp³-hybridized carbons (Fsp3) is 0.174. The summed E-state index contributed by atoms with van der Waals surface area (Å²) in [7, 11) is 0. The second-order valence-electron chi connectivity index (χ2n) is 6.74. The maximum absolute atomic E-state index is 13.8. The number of aliphatic imine (C=N–C) groups is 1. The molecule has 0 aliphatic carbocycles. The first kappa shape index (κ1) is 20.0. The Morgan fingerprint density at radius 3 is 2.07 bits per heavy atom. The number of hydrogen-bond donors (Lipinski definition) is 1. The zero-order chi connectivity index (χ0) is 18.6. The van der Waals surface area contributed by atoms with E-state index in [4.69, 9.17) is 4.99 Å². The van der Waals surface area contributed by atoms with E-state index in [1.54, 1.807) is 12.1 Å². The van der Waals surface area contributed by atoms with Gasteiger partial charge in [0.1, 0.15) is 17.7 Å². The molecule has 1 aliphatic rings. The fourth-order valence-electron chi connectivity index (χ4n) is 3.51. The zero-order valence-electron chi connectivity index (χ0n) is 15.2. The Bertz CT molecular complexity index is 960. The van der Waals surface area contributed by atoms with Crippen LogP contribution in [0.2, 0.25) is 0 Å². The smallest absolute Gasteiger partial charge is 0.123 e. The topological polar surface area (TPSA) is 24.4 Å². The number of amidine groups is 1. The van der Waals surface area contributed by atoms with E-state index >= 15 is 0 Å². The minimum Gasteiger partial charge on any atom is -0.364 e. The van der Waals surface area contributed by atoms with Crippen LogP contribution in [-0.4, -0.2) is 5.84 Å². The fourth-order valence-corrected chi connectivity index (χ4v) is 3.51. The highest BCUT2D eigenvalue weighted by Crippen LogP contribution is 2.37. The van der Waals surface area contributed by atoms with Gasteiger partial charge in [0.25, 0.3) is 0 Å². The molecule has 0 saturated carbocycles. The van der Waals surface area contributed by atoms with E-state index < -0.39 is 0 Å². The monoisotopic (exact) mass is 398 g/mol. The van der Waals surface area contributed by atoms with Crippen molar-refractivity contribution in [2.24, 2.45) is 4.99 Å². The molecular formula is C23H21ClF2N2. The second-order valence-corrected chi connectivity index (χ2v) is 6.74. The molecule has 0 saturated heterocycles. The van der Waals surface area contributed by atoms with Crippen LogP contribution in [0, 0.1) is 11.6 Å². The average molecular weight is 399 g/mol. The molecular weight excluding hydrogens is 378 g/mol. The quantitative estimate of drug-likeness (QED) is 0.576. The van der Waals surface area contributed by atoms with Gasteiger partial charge in [-0.2, -0.15) is 0 Å². The molecule has 3 aromatic rings. The van der Waals surface area contributed by atoms with Gasteiger partial charge in [-0.3, -0.25) is 4.99 Å². The van der Waals surface area contributed by atoms with Crippen molar-refractivity contribution in [3.8, 4) is 0 Å². The number of hydrogen-bond acceptors (Lipinski definition) is 2. The first-order valence-corrected chi connectivity index (χ1v) is 9.07. The van der Waals surface area contributed by atoms with E-state index in [9.17, 15) is 8.78 Å². The van der Waals surface area contributed by atoms with Crippen molar-refractivity contribution < 1.29 is 8.78 Å². The van der Waals surface area contributed by atoms with E-state index in [0.29, 0.717) is 0 Å². The Hall–Kier alpha value is -2.72. The van der Waals surface area contributed by atoms with Gasteiger partial charge in [-0.25, -0.2) is 8.78 Å². The maximum atomic E-state index is 13.8. The highest BCUT2D eigenvalue weighted by Gasteiger charge is 2.31. The molecule has 1 aliphatic heterocycles. The molecule has 1 heterocycles. The summed E-state index contributed by atoms with van der Waals surface area (Å²) in [4.78, 5) is 4.82. The van der Waals surface area contributed by atoms with E-state index in [2.05, 4.69) is 17.4 Å². The molecule has 2 unspecified atom stereocenters. The van der Waals surface area contributed by atoms with Crippen LogP contribution >= 0.6 is 12.4 Å². The molecule has 0 amide bonds. The van der Waals surface area contributed by atoms with Crippen molar-refractivity contribution in [2.45, 2.75) is 24.9 Å². The first-order valence-electron chi connectivity index (χ1n) is 9.07. The normalized spacial score (nSPS) is 18.1. The predicted molar refractivity (Wildman–Crippen MR) is 111 cm³/mol. The summed E-state index contributed by atoms with van der Waals surface area (Å²) >= 11 is 0. The zero-order valence-corrected chi connectivity index (χ0v) is 16.0. The van der Waals surface area contributed by atoms with Gasteiger partial charge >= 0.3 is 0 Å². The molecule has 144 valence electrons. The summed E-state index contributed by atoms with van der Waals surface area (Å²) in [5.74, 6) is 0.283. The SMILES string of the molecule is Cl.Fc1cccc(C2N=C(CCc3ccccc3)NC2c2cccc(F)c2)c1. The Kier molecular flexibility index (Phi) is 6.42. The highest BCUT2D eigenvalue weighted by molar-refractivity contribution is 5.85. The van der Waals surface area contributed by atoms with Crippen molar-refractivity contribution in [1.82, 2.24) is 5.32 Å². The lowest BCUT2D eigenvalue weighted by molar-refractivity contribution is 0.555. The predicted octanol–water partition coefficient (Wildman–Crippen LogP) is 5.80. The number of nitrogens with one attached hydrogen (secondary N) is 1. The van der Waals surface area contributed by atoms with E-state index in [0.717, 1.165) is 29.8 Å². The minimum atomic E-state index is -0.293. The molecule has 0 fully saturated rings. The van der Waals surface area contributed by atoms with Crippen LogP contribution in [0.15, 0.2) is 83.9 Å². The molecule has 4 rings (SSSR count). The molecule has 2 nitrogen and oxygen atoms in total. The second kappa shape index (κ2) is 8.98. The van der Waals surface area contributed by atoms with Crippen LogP contribution in [-0.2, 0) is 6.42 Å². The van der Waals surface area contributed by atoms with Gasteiger partial charge in [0.2, 0.25) is 0 Å². The van der Waals surface area contributed by atoms with E-state index in [1.807, 2.05) is 30.3 Å². The molecule has 0 radical (unpaired) electrons. The van der Waals surface area contributed by atoms with Crippen LogP contribution in [0.4, 0.5) is 8.78 Å². The number of rotatable bonds is 5. The van der Waals surface area contributed by atoms with E-state index in [-0.39, 0.29) is 36.1 Å². The number of aryl methyl sites for hydroxylation is 1. The van der Waals surface area contributed by atoms with Gasteiger partial charge in [0, 0.05) is 6.42 Å². The Balaban J connectivity index is 0.00000225. The summed E-state index contributed by atoms with van der Waals surface area (Å²) in [5.41, 5.74) is 2.83. The summed E-state index contributed by atoms with van der Waals surface area (Å²) < 4.78 is 27.5. The summed E-state index contributed by atoms with van der Waals surface area (Å²) in [5, 5.41) is 3.43. The maximum Gasteiger partial charge on any atom is 0.123 e. The van der Waals surface area contributed by atoms with Gasteiger partial charge in [0.05, 0.1) is 11.9 Å². The molecule has 0 bridgehead atoms. The average Bonchev–Trinajstić information content (AvgIpc) is 3.12. The van der Waals surface area contributed by atoms with Gasteiger partial charge in [-0.05, 0) is 47.4 Å². The molecule has 3 aromatic carbocycles. The van der Waals surface area contributed by atoms with Gasteiger partial charge in [0.15, 0.2) is 0 Å². The first-order chi connectivity index (χ1) is 13.2. The summed E-state index contributed by atoms with van der Waals surface area (Å²) in [6.45, 7) is 0. The van der Waals surface area contributed by atoms with Crippen LogP contribution < -0.4 is 5.32 Å². The third kappa shape index (κ3) is 4.57. The Labute approximate surface area is 169 Å². The lowest BCUT2D eigenvalue weighted by Crippen LogP contribution is -2.24. The number of benzene rings is 3.